The highest BCUT2D eigenvalue weighted by molar-refractivity contribution is 7.19. The van der Waals surface area contributed by atoms with Gasteiger partial charge < -0.3 is 20.9 Å². The van der Waals surface area contributed by atoms with Gasteiger partial charge in [0, 0.05) is 10.1 Å². The van der Waals surface area contributed by atoms with Gasteiger partial charge in [-0.15, -0.1) is 11.3 Å². The first kappa shape index (κ1) is 16.8. The van der Waals surface area contributed by atoms with Gasteiger partial charge >= 0.3 is 0 Å². The Morgan fingerprint density at radius 2 is 1.86 bits per heavy atom. The van der Waals surface area contributed by atoms with Crippen molar-refractivity contribution in [2.24, 2.45) is 0 Å². The molecule has 1 atom stereocenters. The normalized spacial score (nSPS) is 15.0. The van der Waals surface area contributed by atoms with E-state index >= 15 is 0 Å². The van der Waals surface area contributed by atoms with E-state index in [0.29, 0.717) is 11.7 Å². The summed E-state index contributed by atoms with van der Waals surface area (Å²) in [5.41, 5.74) is 15.1. The SMILES string of the molecule is COc1ccc(C2c3sc4ccc(C)cc4c3Oc3nc(N)nc(N)c32)cc1. The summed E-state index contributed by atoms with van der Waals surface area (Å²) in [7, 11) is 1.65. The number of hydrogen-bond donors (Lipinski definition) is 2. The van der Waals surface area contributed by atoms with Crippen LogP contribution >= 0.6 is 11.3 Å². The molecule has 1 aliphatic heterocycles. The maximum atomic E-state index is 6.27. The highest BCUT2D eigenvalue weighted by Gasteiger charge is 2.35. The highest BCUT2D eigenvalue weighted by Crippen LogP contribution is 2.54. The van der Waals surface area contributed by atoms with Crippen molar-refractivity contribution in [2.45, 2.75) is 12.8 Å². The summed E-state index contributed by atoms with van der Waals surface area (Å²) >= 11 is 1.70. The van der Waals surface area contributed by atoms with Gasteiger partial charge in [-0.3, -0.25) is 0 Å². The molecule has 0 amide bonds. The second-order valence-corrected chi connectivity index (χ2v) is 7.87. The number of nitrogens with zero attached hydrogens (tertiary/aromatic N) is 2. The molecule has 2 aromatic carbocycles. The standard InChI is InChI=1S/C21H18N4O2S/c1-10-3-8-14-13(9-10)17-18(28-14)15(11-4-6-12(26-2)7-5-11)16-19(22)24-21(23)25-20(16)27-17/h3-9,15H,1-2H3,(H4,22,23,24,25). The lowest BCUT2D eigenvalue weighted by Crippen LogP contribution is -2.16. The van der Waals surface area contributed by atoms with Crippen LogP contribution in [0.1, 0.15) is 27.5 Å². The number of nitrogens with two attached hydrogens (primary N) is 2. The number of ether oxygens (including phenoxy) is 2. The van der Waals surface area contributed by atoms with Crippen molar-refractivity contribution < 1.29 is 9.47 Å². The summed E-state index contributed by atoms with van der Waals surface area (Å²) in [6.45, 7) is 2.07. The third kappa shape index (κ3) is 2.47. The Kier molecular flexibility index (Phi) is 3.67. The van der Waals surface area contributed by atoms with Crippen molar-refractivity contribution in [1.82, 2.24) is 9.97 Å². The minimum atomic E-state index is -0.136. The zero-order valence-corrected chi connectivity index (χ0v) is 16.2. The first-order valence-electron chi connectivity index (χ1n) is 8.83. The number of nitrogen functional groups attached to an aromatic ring is 2. The fourth-order valence-corrected chi connectivity index (χ4v) is 4.93. The van der Waals surface area contributed by atoms with E-state index in [0.717, 1.165) is 37.6 Å². The summed E-state index contributed by atoms with van der Waals surface area (Å²) in [4.78, 5) is 9.60. The average molecular weight is 390 g/mol. The number of thiophene rings is 1. The summed E-state index contributed by atoms with van der Waals surface area (Å²) < 4.78 is 12.7. The van der Waals surface area contributed by atoms with Crippen molar-refractivity contribution in [1.29, 1.82) is 0 Å². The van der Waals surface area contributed by atoms with Crippen LogP contribution in [0, 0.1) is 6.92 Å². The lowest BCUT2D eigenvalue weighted by atomic mass is 9.88. The molecule has 7 heteroatoms. The van der Waals surface area contributed by atoms with Gasteiger partial charge in [0.15, 0.2) is 5.75 Å². The van der Waals surface area contributed by atoms with Gasteiger partial charge in [-0.2, -0.15) is 9.97 Å². The number of rotatable bonds is 2. The highest BCUT2D eigenvalue weighted by atomic mass is 32.1. The number of fused-ring (bicyclic) bond motifs is 4. The molecule has 4 aromatic rings. The first-order valence-corrected chi connectivity index (χ1v) is 9.64. The molecule has 0 spiro atoms. The third-order valence-electron chi connectivity index (χ3n) is 4.98. The Hall–Kier alpha value is -3.32. The van der Waals surface area contributed by atoms with E-state index in [1.807, 2.05) is 24.3 Å². The summed E-state index contributed by atoms with van der Waals surface area (Å²) in [6.07, 6.45) is 0. The smallest absolute Gasteiger partial charge is 0.230 e. The predicted molar refractivity (Wildman–Crippen MR) is 111 cm³/mol. The number of hydrogen-bond acceptors (Lipinski definition) is 7. The molecule has 0 saturated carbocycles. The molecule has 1 unspecified atom stereocenters. The molecule has 0 aliphatic carbocycles. The Labute approximate surface area is 165 Å². The van der Waals surface area contributed by atoms with Gasteiger partial charge in [0.1, 0.15) is 11.6 Å². The lowest BCUT2D eigenvalue weighted by molar-refractivity contribution is 0.414. The molecule has 0 saturated heterocycles. The maximum absolute atomic E-state index is 6.27. The van der Waals surface area contributed by atoms with E-state index in [9.17, 15) is 0 Å². The minimum absolute atomic E-state index is 0.101. The van der Waals surface area contributed by atoms with Crippen LogP contribution in [-0.4, -0.2) is 17.1 Å². The molecule has 28 heavy (non-hydrogen) atoms. The van der Waals surface area contributed by atoms with E-state index in [4.69, 9.17) is 20.9 Å². The van der Waals surface area contributed by atoms with E-state index in [1.165, 1.54) is 5.56 Å². The largest absolute Gasteiger partial charge is 0.497 e. The van der Waals surface area contributed by atoms with Crippen LogP contribution in [0.3, 0.4) is 0 Å². The second kappa shape index (κ2) is 6.10. The van der Waals surface area contributed by atoms with E-state index in [1.54, 1.807) is 18.4 Å². The summed E-state index contributed by atoms with van der Waals surface area (Å²) in [5.74, 6) is 2.33. The molecule has 6 nitrogen and oxygen atoms in total. The van der Waals surface area contributed by atoms with Gasteiger partial charge in [-0.25, -0.2) is 0 Å². The molecular formula is C21H18N4O2S. The van der Waals surface area contributed by atoms with Crippen molar-refractivity contribution in [2.75, 3.05) is 18.6 Å². The van der Waals surface area contributed by atoms with Crippen LogP contribution < -0.4 is 20.9 Å². The Balaban J connectivity index is 1.80. The Bertz CT molecular complexity index is 1220. The third-order valence-corrected chi connectivity index (χ3v) is 6.20. The monoisotopic (exact) mass is 390 g/mol. The van der Waals surface area contributed by atoms with Crippen LogP contribution in [0.15, 0.2) is 42.5 Å². The predicted octanol–water partition coefficient (Wildman–Crippen LogP) is 4.46. The van der Waals surface area contributed by atoms with Crippen molar-refractivity contribution in [3.8, 4) is 17.4 Å². The minimum Gasteiger partial charge on any atom is -0.497 e. The summed E-state index contributed by atoms with van der Waals surface area (Å²) in [5, 5.41) is 1.07. The number of methoxy groups -OCH3 is 1. The fraction of sp³-hybridized carbons (Fsp3) is 0.143. The second-order valence-electron chi connectivity index (χ2n) is 6.79. The first-order chi connectivity index (χ1) is 13.5. The molecule has 0 radical (unpaired) electrons. The van der Waals surface area contributed by atoms with Crippen LogP contribution in [0.2, 0.25) is 0 Å². The molecule has 5 rings (SSSR count). The molecule has 0 bridgehead atoms. The zero-order valence-electron chi connectivity index (χ0n) is 15.4. The molecule has 4 N–H and O–H groups in total. The Morgan fingerprint density at radius 1 is 1.07 bits per heavy atom. The molecule has 1 aliphatic rings. The van der Waals surface area contributed by atoms with Gasteiger partial charge in [0.2, 0.25) is 11.8 Å². The van der Waals surface area contributed by atoms with Crippen LogP contribution in [0.4, 0.5) is 11.8 Å². The quantitative estimate of drug-likeness (QED) is 0.462. The van der Waals surface area contributed by atoms with Gasteiger partial charge in [-0.1, -0.05) is 23.8 Å². The van der Waals surface area contributed by atoms with Crippen LogP contribution in [0.25, 0.3) is 10.1 Å². The van der Waals surface area contributed by atoms with Crippen molar-refractivity contribution >= 4 is 33.2 Å². The molecular weight excluding hydrogens is 372 g/mol. The molecule has 140 valence electrons. The molecule has 0 fully saturated rings. The van der Waals surface area contributed by atoms with Crippen molar-refractivity contribution in [3.05, 3.63) is 64.0 Å². The maximum Gasteiger partial charge on any atom is 0.230 e. The number of aromatic nitrogens is 2. The fourth-order valence-electron chi connectivity index (χ4n) is 3.68. The average Bonchev–Trinajstić information content (AvgIpc) is 3.04. The summed E-state index contributed by atoms with van der Waals surface area (Å²) in [6, 6.07) is 14.3. The molecule has 3 heterocycles. The van der Waals surface area contributed by atoms with E-state index < -0.39 is 0 Å². The lowest BCUT2D eigenvalue weighted by Gasteiger charge is -2.26. The van der Waals surface area contributed by atoms with Gasteiger partial charge in [-0.05, 0) is 36.8 Å². The number of benzene rings is 2. The number of anilines is 2. The van der Waals surface area contributed by atoms with E-state index in [-0.39, 0.29) is 11.9 Å². The molecule has 2 aromatic heterocycles. The van der Waals surface area contributed by atoms with Crippen molar-refractivity contribution in [3.63, 3.8) is 0 Å². The zero-order chi connectivity index (χ0) is 19.4. The topological polar surface area (TPSA) is 96.3 Å². The van der Waals surface area contributed by atoms with Crippen LogP contribution in [0.5, 0.6) is 17.4 Å². The number of aryl methyl sites for hydroxylation is 1. The van der Waals surface area contributed by atoms with Crippen LogP contribution in [-0.2, 0) is 0 Å². The Morgan fingerprint density at radius 3 is 2.61 bits per heavy atom. The van der Waals surface area contributed by atoms with Gasteiger partial charge in [0.25, 0.3) is 0 Å². The van der Waals surface area contributed by atoms with E-state index in [2.05, 4.69) is 35.1 Å². The van der Waals surface area contributed by atoms with Gasteiger partial charge in [0.05, 0.1) is 23.5 Å².